The molecule has 1 aliphatic rings. The Labute approximate surface area is 229 Å². The highest BCUT2D eigenvalue weighted by molar-refractivity contribution is 6.34. The van der Waals surface area contributed by atoms with E-state index in [4.69, 9.17) is 16.3 Å². The molecule has 1 aliphatic heterocycles. The zero-order valence-corrected chi connectivity index (χ0v) is 21.9. The highest BCUT2D eigenvalue weighted by atomic mass is 35.5. The summed E-state index contributed by atoms with van der Waals surface area (Å²) in [5, 5.41) is 3.98. The molecule has 2 atom stereocenters. The number of carbonyl (C=O) groups excluding carboxylic acids is 3. The fourth-order valence-electron chi connectivity index (χ4n) is 4.81. The topological polar surface area (TPSA) is 93.5 Å². The number of pyridine rings is 1. The van der Waals surface area contributed by atoms with E-state index < -0.39 is 12.2 Å². The van der Waals surface area contributed by atoms with E-state index in [9.17, 15) is 18.8 Å². The summed E-state index contributed by atoms with van der Waals surface area (Å²) in [6.07, 6.45) is 2.87. The summed E-state index contributed by atoms with van der Waals surface area (Å²) < 4.78 is 21.8. The molecule has 1 fully saturated rings. The van der Waals surface area contributed by atoms with Crippen LogP contribution in [-0.2, 0) is 18.3 Å². The summed E-state index contributed by atoms with van der Waals surface area (Å²) in [6, 6.07) is 15.3. The number of hydrogen-bond donors (Lipinski definition) is 1. The fraction of sp³-hybridized carbons (Fsp3) is 0.241. The van der Waals surface area contributed by atoms with Crippen molar-refractivity contribution in [3.8, 4) is 5.88 Å². The molecule has 0 saturated carbocycles. The molecular weight excluding hydrogens is 523 g/mol. The van der Waals surface area contributed by atoms with Crippen molar-refractivity contribution in [2.75, 3.05) is 18.5 Å². The molecule has 3 heterocycles. The summed E-state index contributed by atoms with van der Waals surface area (Å²) in [5.74, 6) is -0.249. The van der Waals surface area contributed by atoms with Crippen LogP contribution < -0.4 is 10.1 Å². The van der Waals surface area contributed by atoms with Crippen LogP contribution in [-0.4, -0.2) is 57.9 Å². The number of aromatic nitrogens is 2. The zero-order valence-electron chi connectivity index (χ0n) is 21.1. The van der Waals surface area contributed by atoms with Gasteiger partial charge in [-0.05, 0) is 29.8 Å². The van der Waals surface area contributed by atoms with Crippen molar-refractivity contribution in [1.29, 1.82) is 0 Å². The van der Waals surface area contributed by atoms with E-state index >= 15 is 0 Å². The number of anilines is 1. The number of aldehydes is 1. The Kier molecular flexibility index (Phi) is 7.60. The minimum absolute atomic E-state index is 0.0166. The third-order valence-electron chi connectivity index (χ3n) is 6.78. The number of benzene rings is 2. The molecule has 2 aromatic heterocycles. The minimum atomic E-state index is -1.15. The van der Waals surface area contributed by atoms with Gasteiger partial charge >= 0.3 is 0 Å². The predicted octanol–water partition coefficient (Wildman–Crippen LogP) is 4.85. The number of nitrogens with one attached hydrogen (secondary N) is 1. The lowest BCUT2D eigenvalue weighted by atomic mass is 10.1. The van der Waals surface area contributed by atoms with Crippen LogP contribution in [0.25, 0.3) is 10.9 Å². The van der Waals surface area contributed by atoms with Gasteiger partial charge in [-0.25, -0.2) is 9.37 Å². The van der Waals surface area contributed by atoms with Gasteiger partial charge in [-0.15, -0.1) is 0 Å². The number of rotatable bonds is 8. The number of ether oxygens (including phenoxy) is 1. The number of alkyl halides is 1. The second-order valence-corrected chi connectivity index (χ2v) is 9.91. The van der Waals surface area contributed by atoms with Crippen LogP contribution in [0.5, 0.6) is 5.88 Å². The summed E-state index contributed by atoms with van der Waals surface area (Å²) in [4.78, 5) is 42.4. The Hall–Kier alpha value is -4.24. The van der Waals surface area contributed by atoms with E-state index in [1.165, 1.54) is 11.1 Å². The molecule has 10 heteroatoms. The van der Waals surface area contributed by atoms with E-state index in [-0.39, 0.29) is 37.8 Å². The first-order valence-corrected chi connectivity index (χ1v) is 12.8. The fourth-order valence-corrected chi connectivity index (χ4v) is 5.06. The number of carbonyl (C=O) groups is 3. The van der Waals surface area contributed by atoms with Gasteiger partial charge in [0.25, 0.3) is 5.91 Å². The molecule has 0 unspecified atom stereocenters. The first-order chi connectivity index (χ1) is 18.8. The second-order valence-electron chi connectivity index (χ2n) is 9.51. The predicted molar refractivity (Wildman–Crippen MR) is 146 cm³/mol. The van der Waals surface area contributed by atoms with Crippen LogP contribution >= 0.6 is 11.6 Å². The van der Waals surface area contributed by atoms with Crippen molar-refractivity contribution in [2.45, 2.75) is 25.1 Å². The summed E-state index contributed by atoms with van der Waals surface area (Å²) in [5.41, 5.74) is 2.95. The SMILES string of the molecule is Cn1cc(C(=O)Nc2ccc(CC(=O)N3C[C@@H](F)C[C@H]3COc3ccc(C=O)cn3)cc2Cl)c2ccccc21. The molecule has 200 valence electrons. The van der Waals surface area contributed by atoms with Crippen LogP contribution in [0.1, 0.15) is 32.7 Å². The Balaban J connectivity index is 1.22. The average Bonchev–Trinajstić information content (AvgIpc) is 3.49. The maximum atomic E-state index is 14.3. The van der Waals surface area contributed by atoms with Gasteiger partial charge in [-0.2, -0.15) is 0 Å². The quantitative estimate of drug-likeness (QED) is 0.318. The first kappa shape index (κ1) is 26.4. The maximum Gasteiger partial charge on any atom is 0.257 e. The monoisotopic (exact) mass is 548 g/mol. The van der Waals surface area contributed by atoms with Gasteiger partial charge in [0.2, 0.25) is 11.8 Å². The van der Waals surface area contributed by atoms with E-state index in [1.54, 1.807) is 36.5 Å². The van der Waals surface area contributed by atoms with Crippen molar-refractivity contribution in [2.24, 2.45) is 7.05 Å². The number of likely N-dealkylation sites (tertiary alicyclic amines) is 1. The van der Waals surface area contributed by atoms with Gasteiger partial charge in [-0.3, -0.25) is 14.4 Å². The molecular formula is C29H26ClFN4O4. The van der Waals surface area contributed by atoms with Gasteiger partial charge < -0.3 is 19.5 Å². The average molecular weight is 549 g/mol. The molecule has 0 radical (unpaired) electrons. The van der Waals surface area contributed by atoms with Gasteiger partial charge in [-0.1, -0.05) is 35.9 Å². The normalized spacial score (nSPS) is 16.8. The number of nitrogens with zero attached hydrogens (tertiary/aromatic N) is 3. The third-order valence-corrected chi connectivity index (χ3v) is 7.09. The van der Waals surface area contributed by atoms with Gasteiger partial charge in [0, 0.05) is 48.4 Å². The Morgan fingerprint density at radius 1 is 1.21 bits per heavy atom. The molecule has 1 N–H and O–H groups in total. The van der Waals surface area contributed by atoms with E-state index in [0.29, 0.717) is 39.6 Å². The van der Waals surface area contributed by atoms with Crippen molar-refractivity contribution in [3.05, 3.63) is 88.7 Å². The first-order valence-electron chi connectivity index (χ1n) is 12.4. The van der Waals surface area contributed by atoms with Crippen LogP contribution in [0, 0.1) is 0 Å². The number of para-hydroxylation sites is 1. The van der Waals surface area contributed by atoms with Gasteiger partial charge in [0.05, 0.1) is 35.3 Å². The van der Waals surface area contributed by atoms with Crippen LogP contribution in [0.4, 0.5) is 10.1 Å². The minimum Gasteiger partial charge on any atom is -0.475 e. The molecule has 4 aromatic rings. The maximum absolute atomic E-state index is 14.3. The highest BCUT2D eigenvalue weighted by Crippen LogP contribution is 2.28. The largest absolute Gasteiger partial charge is 0.475 e. The lowest BCUT2D eigenvalue weighted by Gasteiger charge is -2.24. The lowest BCUT2D eigenvalue weighted by molar-refractivity contribution is -0.132. The Bertz CT molecular complexity index is 1540. The van der Waals surface area contributed by atoms with E-state index in [0.717, 1.165) is 10.9 Å². The van der Waals surface area contributed by atoms with Crippen LogP contribution in [0.15, 0.2) is 67.0 Å². The molecule has 2 amide bonds. The molecule has 5 rings (SSSR count). The smallest absolute Gasteiger partial charge is 0.257 e. The number of aryl methyl sites for hydroxylation is 1. The molecule has 8 nitrogen and oxygen atoms in total. The van der Waals surface area contributed by atoms with Crippen LogP contribution in [0.3, 0.4) is 0 Å². The zero-order chi connectivity index (χ0) is 27.5. The lowest BCUT2D eigenvalue weighted by Crippen LogP contribution is -2.40. The van der Waals surface area contributed by atoms with Crippen molar-refractivity contribution >= 4 is 46.3 Å². The van der Waals surface area contributed by atoms with E-state index in [1.807, 2.05) is 35.9 Å². The third kappa shape index (κ3) is 5.78. The summed E-state index contributed by atoms with van der Waals surface area (Å²) in [6.45, 7) is 0.0662. The van der Waals surface area contributed by atoms with Gasteiger partial charge in [0.15, 0.2) is 6.29 Å². The molecule has 0 spiro atoms. The summed E-state index contributed by atoms with van der Waals surface area (Å²) in [7, 11) is 1.88. The highest BCUT2D eigenvalue weighted by Gasteiger charge is 2.35. The Morgan fingerprint density at radius 3 is 2.77 bits per heavy atom. The van der Waals surface area contributed by atoms with E-state index in [2.05, 4.69) is 10.3 Å². The summed E-state index contributed by atoms with van der Waals surface area (Å²) >= 11 is 6.46. The van der Waals surface area contributed by atoms with Gasteiger partial charge in [0.1, 0.15) is 12.8 Å². The number of amides is 2. The molecule has 39 heavy (non-hydrogen) atoms. The van der Waals surface area contributed by atoms with Crippen molar-refractivity contribution < 1.29 is 23.5 Å². The number of fused-ring (bicyclic) bond motifs is 1. The Morgan fingerprint density at radius 2 is 2.03 bits per heavy atom. The van der Waals surface area contributed by atoms with Crippen molar-refractivity contribution in [3.63, 3.8) is 0 Å². The van der Waals surface area contributed by atoms with Crippen LogP contribution in [0.2, 0.25) is 5.02 Å². The van der Waals surface area contributed by atoms with Crippen molar-refractivity contribution in [1.82, 2.24) is 14.5 Å². The second kappa shape index (κ2) is 11.2. The molecule has 0 aliphatic carbocycles. The molecule has 2 aromatic carbocycles. The molecule has 0 bridgehead atoms. The number of halogens is 2. The molecule has 1 saturated heterocycles. The standard InChI is InChI=1S/C29H26ClFN4O4/c1-34-15-23(22-4-2-3-5-26(22)34)29(38)33-25-8-6-18(10-24(25)30)11-28(37)35-14-20(31)12-21(35)17-39-27-9-7-19(16-36)13-32-27/h2-10,13,15-16,20-21H,11-12,14,17H2,1H3,(H,33,38)/t20-,21-/m0/s1. The number of hydrogen-bond acceptors (Lipinski definition) is 5.